The first-order valence-corrected chi connectivity index (χ1v) is 13.5. The van der Waals surface area contributed by atoms with Crippen molar-refractivity contribution in [3.05, 3.63) is 36.1 Å². The monoisotopic (exact) mass is 498 g/mol. The molecule has 4 bridgehead atoms. The Morgan fingerprint density at radius 1 is 1.19 bits per heavy atom. The summed E-state index contributed by atoms with van der Waals surface area (Å²) >= 11 is 0. The summed E-state index contributed by atoms with van der Waals surface area (Å²) in [4.78, 5) is 14.4. The second-order valence-electron chi connectivity index (χ2n) is 13.2. The average molecular weight is 499 g/mol. The molecule has 0 radical (unpaired) electrons. The number of aliphatic hydroxyl groups excluding tert-OH is 1. The zero-order valence-electron chi connectivity index (χ0n) is 21.8. The van der Waals surface area contributed by atoms with E-state index in [-0.39, 0.29) is 35.2 Å². The summed E-state index contributed by atoms with van der Waals surface area (Å²) in [5.41, 5.74) is -0.226. The Bertz CT molecular complexity index is 1100. The Morgan fingerprint density at radius 2 is 1.97 bits per heavy atom. The Kier molecular flexibility index (Phi) is 4.53. The molecule has 36 heavy (non-hydrogen) atoms. The molecule has 0 amide bonds. The zero-order chi connectivity index (χ0) is 25.5. The molecule has 196 valence electrons. The molecule has 4 heterocycles. The number of allylic oxidation sites excluding steroid dienone is 1. The lowest BCUT2D eigenvalue weighted by atomic mass is 9.36. The molecule has 4 aliphatic carbocycles. The van der Waals surface area contributed by atoms with E-state index in [0.717, 1.165) is 37.9 Å². The number of carbonyl (C=O) groups excluding carboxylic acids is 1. The molecule has 0 aromatic carbocycles. The van der Waals surface area contributed by atoms with Gasteiger partial charge in [0, 0.05) is 18.3 Å². The zero-order valence-corrected chi connectivity index (χ0v) is 21.8. The van der Waals surface area contributed by atoms with Crippen molar-refractivity contribution < 1.29 is 33.6 Å². The fourth-order valence-electron chi connectivity index (χ4n) is 9.94. The minimum absolute atomic E-state index is 0.0622. The Labute approximate surface area is 212 Å². The third kappa shape index (κ3) is 2.37. The molecule has 0 aromatic heterocycles. The van der Waals surface area contributed by atoms with Crippen molar-refractivity contribution in [2.24, 2.45) is 34.0 Å². The van der Waals surface area contributed by atoms with Crippen LogP contribution in [0.25, 0.3) is 0 Å². The van der Waals surface area contributed by atoms with Crippen LogP contribution in [-0.2, 0) is 28.5 Å². The quantitative estimate of drug-likeness (QED) is 0.465. The van der Waals surface area contributed by atoms with E-state index in [1.165, 1.54) is 5.57 Å². The van der Waals surface area contributed by atoms with E-state index in [4.69, 9.17) is 23.7 Å². The van der Waals surface area contributed by atoms with E-state index in [0.29, 0.717) is 18.8 Å². The molecule has 0 aromatic rings. The predicted octanol–water partition coefficient (Wildman–Crippen LogP) is 4.02. The number of carbonyl (C=O) groups is 1. The van der Waals surface area contributed by atoms with Crippen LogP contribution in [-0.4, -0.2) is 54.2 Å². The molecule has 7 nitrogen and oxygen atoms in total. The van der Waals surface area contributed by atoms with Gasteiger partial charge in [0.25, 0.3) is 0 Å². The molecule has 9 atom stereocenters. The number of hydrogen-bond donors (Lipinski definition) is 1. The van der Waals surface area contributed by atoms with Crippen LogP contribution in [0.1, 0.15) is 59.8 Å². The van der Waals surface area contributed by atoms with E-state index in [2.05, 4.69) is 27.0 Å². The van der Waals surface area contributed by atoms with Crippen LogP contribution in [0, 0.1) is 34.0 Å². The van der Waals surface area contributed by atoms with Crippen molar-refractivity contribution in [2.75, 3.05) is 13.2 Å². The van der Waals surface area contributed by atoms with Gasteiger partial charge >= 0.3 is 0 Å². The number of ketones is 1. The van der Waals surface area contributed by atoms with E-state index >= 15 is 0 Å². The largest absolute Gasteiger partial charge is 0.469 e. The first-order valence-electron chi connectivity index (χ1n) is 13.5. The van der Waals surface area contributed by atoms with Crippen LogP contribution in [0.15, 0.2) is 36.1 Å². The van der Waals surface area contributed by atoms with Gasteiger partial charge in [0.15, 0.2) is 17.9 Å². The Balaban J connectivity index is 1.48. The summed E-state index contributed by atoms with van der Waals surface area (Å²) in [6.45, 7) is 16.9. The highest BCUT2D eigenvalue weighted by molar-refractivity contribution is 6.05. The van der Waals surface area contributed by atoms with Gasteiger partial charge in [-0.25, -0.2) is 0 Å². The maximum absolute atomic E-state index is 14.4. The normalized spacial score (nSPS) is 51.2. The van der Waals surface area contributed by atoms with Gasteiger partial charge in [-0.2, -0.15) is 0 Å². The SMILES string of the molecule is C=CCO[C@@H]1CCC2=C(O1)[C@@]13CO[C@]4(OC(C)(C)O[C@@H]5[C@H]6CC[C@@H]1[C@]54C(=O)C6=C)[C@@H](O)[C@@H]3C(C)(C)C2. The summed E-state index contributed by atoms with van der Waals surface area (Å²) in [5, 5.41) is 12.4. The molecule has 0 unspecified atom stereocenters. The molecule has 6 fully saturated rings. The van der Waals surface area contributed by atoms with E-state index in [1.54, 1.807) is 6.08 Å². The van der Waals surface area contributed by atoms with Gasteiger partial charge in [-0.15, -0.1) is 6.58 Å². The lowest BCUT2D eigenvalue weighted by molar-refractivity contribution is -0.527. The Hall–Kier alpha value is -1.51. The second-order valence-corrected chi connectivity index (χ2v) is 13.2. The third-order valence-electron chi connectivity index (χ3n) is 10.6. The van der Waals surface area contributed by atoms with Crippen molar-refractivity contribution in [1.82, 2.24) is 0 Å². The van der Waals surface area contributed by atoms with E-state index in [9.17, 15) is 9.90 Å². The molecule has 4 aliphatic heterocycles. The first-order chi connectivity index (χ1) is 17.0. The average Bonchev–Trinajstić information content (AvgIpc) is 2.93. The number of aliphatic hydroxyl groups is 1. The number of fused-ring (bicyclic) bond motifs is 1. The molecular weight excluding hydrogens is 460 g/mol. The number of rotatable bonds is 3. The standard InChI is InChI=1S/C29H38O7/c1-7-12-32-19-11-8-16-13-25(3,4)20-22(31)29-28-18(27(20,14-33-29)23(16)34-19)10-9-17(15(2)21(28)30)24(28)35-26(5,6)36-29/h7,17-20,22,24,31H,1-2,8-14H2,3-6H3/t17-,18-,19-,20+,22-,24+,27-,28-,29-/m0/s1. The molecule has 1 N–H and O–H groups in total. The summed E-state index contributed by atoms with van der Waals surface area (Å²) < 4.78 is 32.6. The van der Waals surface area contributed by atoms with Gasteiger partial charge in [0.1, 0.15) is 17.3 Å². The van der Waals surface area contributed by atoms with Crippen molar-refractivity contribution in [1.29, 1.82) is 0 Å². The highest BCUT2D eigenvalue weighted by atomic mass is 16.8. The van der Waals surface area contributed by atoms with E-state index in [1.807, 2.05) is 13.8 Å². The summed E-state index contributed by atoms with van der Waals surface area (Å²) in [6, 6.07) is 0. The number of hydrogen-bond acceptors (Lipinski definition) is 7. The van der Waals surface area contributed by atoms with Gasteiger partial charge in [-0.1, -0.05) is 26.5 Å². The smallest absolute Gasteiger partial charge is 0.213 e. The van der Waals surface area contributed by atoms with Crippen LogP contribution in [0.3, 0.4) is 0 Å². The molecule has 7 heteroatoms. The van der Waals surface area contributed by atoms with Crippen LogP contribution >= 0.6 is 0 Å². The fourth-order valence-corrected chi connectivity index (χ4v) is 9.94. The predicted molar refractivity (Wildman–Crippen MR) is 129 cm³/mol. The minimum Gasteiger partial charge on any atom is -0.469 e. The van der Waals surface area contributed by atoms with Crippen LogP contribution in [0.2, 0.25) is 0 Å². The van der Waals surface area contributed by atoms with Gasteiger partial charge in [-0.05, 0) is 62.0 Å². The number of ether oxygens (including phenoxy) is 5. The summed E-state index contributed by atoms with van der Waals surface area (Å²) in [6.07, 6.45) is 3.95. The van der Waals surface area contributed by atoms with Crippen molar-refractivity contribution in [3.63, 3.8) is 0 Å². The lowest BCUT2D eigenvalue weighted by Crippen LogP contribution is -2.87. The molecule has 8 rings (SSSR count). The lowest BCUT2D eigenvalue weighted by Gasteiger charge is -2.77. The topological polar surface area (TPSA) is 83.5 Å². The third-order valence-corrected chi connectivity index (χ3v) is 10.6. The van der Waals surface area contributed by atoms with Crippen molar-refractivity contribution in [2.45, 2.75) is 89.9 Å². The van der Waals surface area contributed by atoms with Crippen LogP contribution in [0.5, 0.6) is 0 Å². The van der Waals surface area contributed by atoms with Gasteiger partial charge in [0.05, 0.1) is 24.7 Å². The highest BCUT2D eigenvalue weighted by Gasteiger charge is 2.90. The second kappa shape index (κ2) is 6.92. The maximum Gasteiger partial charge on any atom is 0.213 e. The van der Waals surface area contributed by atoms with Gasteiger partial charge in [0.2, 0.25) is 5.79 Å². The summed E-state index contributed by atoms with van der Waals surface area (Å²) in [5.74, 6) is -2.13. The van der Waals surface area contributed by atoms with E-state index < -0.39 is 34.6 Å². The maximum atomic E-state index is 14.4. The molecule has 3 saturated carbocycles. The molecule has 8 aliphatic rings. The first kappa shape index (κ1) is 23.6. The Morgan fingerprint density at radius 3 is 2.72 bits per heavy atom. The molecule has 3 saturated heterocycles. The molecule has 3 spiro atoms. The minimum atomic E-state index is -1.48. The van der Waals surface area contributed by atoms with Gasteiger partial charge < -0.3 is 28.8 Å². The molecular formula is C29H38O7. The summed E-state index contributed by atoms with van der Waals surface area (Å²) in [7, 11) is 0. The van der Waals surface area contributed by atoms with Crippen molar-refractivity contribution >= 4 is 5.78 Å². The number of Topliss-reactive ketones (excluding diaryl/α,β-unsaturated/α-hetero) is 1. The van der Waals surface area contributed by atoms with Gasteiger partial charge in [-0.3, -0.25) is 4.79 Å². The fraction of sp³-hybridized carbons (Fsp3) is 0.759. The van der Waals surface area contributed by atoms with Crippen LogP contribution in [0.4, 0.5) is 0 Å². The van der Waals surface area contributed by atoms with Crippen LogP contribution < -0.4 is 0 Å². The van der Waals surface area contributed by atoms with Crippen molar-refractivity contribution in [3.8, 4) is 0 Å². The highest BCUT2D eigenvalue weighted by Crippen LogP contribution is 2.80.